The van der Waals surface area contributed by atoms with Crippen LogP contribution in [0.2, 0.25) is 0 Å². The SMILES string of the molecule is Cc1c2c(-c3ccccc3)nnc(-c3ccccc3)c2c(C)n1-c1ccccc1. The van der Waals surface area contributed by atoms with Gasteiger partial charge in [-0.15, -0.1) is 10.2 Å². The first-order chi connectivity index (χ1) is 14.3. The van der Waals surface area contributed by atoms with Crippen molar-refractivity contribution in [3.8, 4) is 28.2 Å². The van der Waals surface area contributed by atoms with Gasteiger partial charge in [0.2, 0.25) is 0 Å². The molecule has 29 heavy (non-hydrogen) atoms. The quantitative estimate of drug-likeness (QED) is 0.367. The monoisotopic (exact) mass is 375 g/mol. The lowest BCUT2D eigenvalue weighted by molar-refractivity contribution is 0.975. The highest BCUT2D eigenvalue weighted by Crippen LogP contribution is 2.39. The summed E-state index contributed by atoms with van der Waals surface area (Å²) in [6, 6.07) is 31.1. The minimum atomic E-state index is 0.926. The molecule has 0 aliphatic carbocycles. The van der Waals surface area contributed by atoms with Gasteiger partial charge in [0.25, 0.3) is 0 Å². The van der Waals surface area contributed by atoms with Crippen LogP contribution in [-0.4, -0.2) is 14.8 Å². The number of aryl methyl sites for hydroxylation is 2. The van der Waals surface area contributed by atoms with Crippen molar-refractivity contribution in [2.24, 2.45) is 0 Å². The van der Waals surface area contributed by atoms with E-state index in [0.717, 1.165) is 39.0 Å². The maximum absolute atomic E-state index is 4.70. The molecular formula is C26H21N3. The molecule has 0 amide bonds. The van der Waals surface area contributed by atoms with Crippen LogP contribution in [0.5, 0.6) is 0 Å². The van der Waals surface area contributed by atoms with Gasteiger partial charge in [0.1, 0.15) is 11.4 Å². The average Bonchev–Trinajstić information content (AvgIpc) is 3.06. The Hall–Kier alpha value is -3.72. The van der Waals surface area contributed by atoms with E-state index < -0.39 is 0 Å². The van der Waals surface area contributed by atoms with Crippen LogP contribution in [0.3, 0.4) is 0 Å². The van der Waals surface area contributed by atoms with E-state index in [0.29, 0.717) is 0 Å². The maximum atomic E-state index is 4.70. The summed E-state index contributed by atoms with van der Waals surface area (Å²) < 4.78 is 2.31. The van der Waals surface area contributed by atoms with Crippen molar-refractivity contribution in [3.05, 3.63) is 102 Å². The molecule has 2 heterocycles. The molecule has 0 unspecified atom stereocenters. The lowest BCUT2D eigenvalue weighted by atomic mass is 10.0. The zero-order valence-electron chi connectivity index (χ0n) is 16.5. The number of nitrogens with zero attached hydrogens (tertiary/aromatic N) is 3. The second kappa shape index (κ2) is 7.02. The summed E-state index contributed by atoms with van der Waals surface area (Å²) in [6.45, 7) is 4.34. The Bertz CT molecular complexity index is 1210. The smallest absolute Gasteiger partial charge is 0.103 e. The van der Waals surface area contributed by atoms with Gasteiger partial charge >= 0.3 is 0 Å². The summed E-state index contributed by atoms with van der Waals surface area (Å²) in [7, 11) is 0. The van der Waals surface area contributed by atoms with E-state index in [1.807, 2.05) is 42.5 Å². The highest BCUT2D eigenvalue weighted by Gasteiger charge is 2.22. The Morgan fingerprint density at radius 3 is 1.31 bits per heavy atom. The third-order valence-electron chi connectivity index (χ3n) is 5.48. The van der Waals surface area contributed by atoms with E-state index in [1.54, 1.807) is 0 Å². The van der Waals surface area contributed by atoms with Crippen LogP contribution in [0, 0.1) is 13.8 Å². The van der Waals surface area contributed by atoms with E-state index in [1.165, 1.54) is 11.4 Å². The third-order valence-corrected chi connectivity index (χ3v) is 5.48. The molecule has 0 aliphatic heterocycles. The Labute approximate surface area is 170 Å². The molecule has 0 atom stereocenters. The largest absolute Gasteiger partial charge is 0.317 e. The number of aromatic nitrogens is 3. The molecule has 0 fully saturated rings. The van der Waals surface area contributed by atoms with Gasteiger partial charge in [0.15, 0.2) is 0 Å². The van der Waals surface area contributed by atoms with E-state index in [4.69, 9.17) is 10.2 Å². The minimum absolute atomic E-state index is 0.926. The summed E-state index contributed by atoms with van der Waals surface area (Å²) in [5.74, 6) is 0. The number of hydrogen-bond acceptors (Lipinski definition) is 2. The second-order valence-electron chi connectivity index (χ2n) is 7.22. The van der Waals surface area contributed by atoms with Crippen LogP contribution >= 0.6 is 0 Å². The van der Waals surface area contributed by atoms with Crippen molar-refractivity contribution in [3.63, 3.8) is 0 Å². The van der Waals surface area contributed by atoms with Gasteiger partial charge in [-0.25, -0.2) is 0 Å². The first kappa shape index (κ1) is 17.4. The van der Waals surface area contributed by atoms with Crippen LogP contribution in [-0.2, 0) is 0 Å². The molecule has 0 saturated heterocycles. The molecule has 3 heteroatoms. The predicted molar refractivity (Wildman–Crippen MR) is 119 cm³/mol. The summed E-state index contributed by atoms with van der Waals surface area (Å²) in [4.78, 5) is 0. The summed E-state index contributed by atoms with van der Waals surface area (Å²) in [5.41, 5.74) is 7.52. The van der Waals surface area contributed by atoms with Gasteiger partial charge < -0.3 is 4.57 Å². The van der Waals surface area contributed by atoms with E-state index in [-0.39, 0.29) is 0 Å². The summed E-state index contributed by atoms with van der Waals surface area (Å²) in [6.07, 6.45) is 0. The molecule has 0 N–H and O–H groups in total. The fraction of sp³-hybridized carbons (Fsp3) is 0.0769. The van der Waals surface area contributed by atoms with Gasteiger partial charge in [-0.1, -0.05) is 78.9 Å². The number of fused-ring (bicyclic) bond motifs is 1. The Morgan fingerprint density at radius 1 is 0.517 bits per heavy atom. The van der Waals surface area contributed by atoms with E-state index >= 15 is 0 Å². The fourth-order valence-corrected chi connectivity index (χ4v) is 4.18. The zero-order chi connectivity index (χ0) is 19.8. The highest BCUT2D eigenvalue weighted by molar-refractivity contribution is 6.05. The lowest BCUT2D eigenvalue weighted by Gasteiger charge is -2.09. The van der Waals surface area contributed by atoms with Crippen molar-refractivity contribution in [2.45, 2.75) is 13.8 Å². The van der Waals surface area contributed by atoms with Crippen LogP contribution in [0.4, 0.5) is 0 Å². The van der Waals surface area contributed by atoms with Crippen LogP contribution < -0.4 is 0 Å². The third kappa shape index (κ3) is 2.83. The normalized spacial score (nSPS) is 11.1. The number of para-hydroxylation sites is 1. The van der Waals surface area contributed by atoms with E-state index in [9.17, 15) is 0 Å². The molecule has 5 aromatic rings. The number of hydrogen-bond donors (Lipinski definition) is 0. The molecule has 5 rings (SSSR count). The van der Waals surface area contributed by atoms with Gasteiger partial charge in [-0.2, -0.15) is 0 Å². The van der Waals surface area contributed by atoms with Crippen LogP contribution in [0.15, 0.2) is 91.0 Å². The molecule has 0 radical (unpaired) electrons. The van der Waals surface area contributed by atoms with Crippen molar-refractivity contribution in [2.75, 3.05) is 0 Å². The van der Waals surface area contributed by atoms with Crippen molar-refractivity contribution in [1.29, 1.82) is 0 Å². The number of benzene rings is 3. The van der Waals surface area contributed by atoms with E-state index in [2.05, 4.69) is 66.9 Å². The summed E-state index contributed by atoms with van der Waals surface area (Å²) >= 11 is 0. The van der Waals surface area contributed by atoms with Gasteiger partial charge in [0.05, 0.1) is 0 Å². The Kier molecular flexibility index (Phi) is 4.21. The molecule has 3 nitrogen and oxygen atoms in total. The first-order valence-electron chi connectivity index (χ1n) is 9.80. The van der Waals surface area contributed by atoms with Gasteiger partial charge in [0, 0.05) is 39.0 Å². The molecule has 3 aromatic carbocycles. The molecule has 140 valence electrons. The van der Waals surface area contributed by atoms with Crippen molar-refractivity contribution < 1.29 is 0 Å². The zero-order valence-corrected chi connectivity index (χ0v) is 16.5. The second-order valence-corrected chi connectivity index (χ2v) is 7.22. The fourth-order valence-electron chi connectivity index (χ4n) is 4.18. The topological polar surface area (TPSA) is 30.7 Å². The maximum Gasteiger partial charge on any atom is 0.103 e. The number of rotatable bonds is 3. The summed E-state index contributed by atoms with van der Waals surface area (Å²) in [5, 5.41) is 11.7. The standard InChI is InChI=1S/C26H21N3/c1-18-23-24(19(2)29(18)22-16-10-5-11-17-22)26(21-14-8-4-9-15-21)28-27-25(23)20-12-6-3-7-13-20/h3-17H,1-2H3. The average molecular weight is 375 g/mol. The molecule has 0 aliphatic rings. The molecular weight excluding hydrogens is 354 g/mol. The Balaban J connectivity index is 1.91. The highest BCUT2D eigenvalue weighted by atomic mass is 15.1. The van der Waals surface area contributed by atoms with Crippen LogP contribution in [0.25, 0.3) is 39.0 Å². The molecule has 0 bridgehead atoms. The molecule has 2 aromatic heterocycles. The minimum Gasteiger partial charge on any atom is -0.317 e. The predicted octanol–water partition coefficient (Wildman–Crippen LogP) is 6.37. The van der Waals surface area contributed by atoms with Crippen molar-refractivity contribution in [1.82, 2.24) is 14.8 Å². The van der Waals surface area contributed by atoms with Gasteiger partial charge in [-0.05, 0) is 26.0 Å². The Morgan fingerprint density at radius 2 is 0.897 bits per heavy atom. The van der Waals surface area contributed by atoms with Crippen molar-refractivity contribution >= 4 is 10.8 Å². The lowest BCUT2D eigenvalue weighted by Crippen LogP contribution is -1.98. The van der Waals surface area contributed by atoms with Crippen LogP contribution in [0.1, 0.15) is 11.4 Å². The van der Waals surface area contributed by atoms with Gasteiger partial charge in [-0.3, -0.25) is 0 Å². The molecule has 0 spiro atoms. The molecule has 0 saturated carbocycles. The first-order valence-corrected chi connectivity index (χ1v) is 9.80.